The van der Waals surface area contributed by atoms with Gasteiger partial charge in [0.15, 0.2) is 0 Å². The van der Waals surface area contributed by atoms with Gasteiger partial charge in [-0.15, -0.1) is 0 Å². The molecular formula is C14H23N3O4. The summed E-state index contributed by atoms with van der Waals surface area (Å²) < 4.78 is 0. The monoisotopic (exact) mass is 297 g/mol. The van der Waals surface area contributed by atoms with E-state index in [9.17, 15) is 14.4 Å². The van der Waals surface area contributed by atoms with E-state index in [-0.39, 0.29) is 24.7 Å². The van der Waals surface area contributed by atoms with Gasteiger partial charge in [-0.25, -0.2) is 4.79 Å². The SMILES string of the molecule is C=CN/C(=C\C)CC(NC(=O)CCCNC(C)=O)C(=O)O. The van der Waals surface area contributed by atoms with Crippen LogP contribution in [0.4, 0.5) is 0 Å². The molecule has 0 aliphatic heterocycles. The van der Waals surface area contributed by atoms with Crippen molar-refractivity contribution in [2.45, 2.75) is 39.2 Å². The van der Waals surface area contributed by atoms with Crippen LogP contribution in [0.3, 0.4) is 0 Å². The number of hydrogen-bond acceptors (Lipinski definition) is 4. The van der Waals surface area contributed by atoms with E-state index in [4.69, 9.17) is 5.11 Å². The molecule has 0 aromatic heterocycles. The molecule has 1 atom stereocenters. The molecule has 7 nitrogen and oxygen atoms in total. The number of allylic oxidation sites excluding steroid dienone is 1. The zero-order valence-corrected chi connectivity index (χ0v) is 12.4. The molecule has 118 valence electrons. The van der Waals surface area contributed by atoms with E-state index in [1.165, 1.54) is 13.1 Å². The van der Waals surface area contributed by atoms with Gasteiger partial charge in [-0.3, -0.25) is 9.59 Å². The number of hydrogen-bond donors (Lipinski definition) is 4. The Bertz CT molecular complexity index is 418. The Balaban J connectivity index is 4.30. The van der Waals surface area contributed by atoms with Crippen LogP contribution in [0.25, 0.3) is 0 Å². The average molecular weight is 297 g/mol. The van der Waals surface area contributed by atoms with Crippen LogP contribution >= 0.6 is 0 Å². The van der Waals surface area contributed by atoms with Crippen molar-refractivity contribution in [1.29, 1.82) is 0 Å². The molecule has 0 radical (unpaired) electrons. The first-order valence-corrected chi connectivity index (χ1v) is 6.70. The van der Waals surface area contributed by atoms with Gasteiger partial charge >= 0.3 is 5.97 Å². The highest BCUT2D eigenvalue weighted by molar-refractivity contribution is 5.83. The van der Waals surface area contributed by atoms with E-state index < -0.39 is 12.0 Å². The highest BCUT2D eigenvalue weighted by Gasteiger charge is 2.20. The lowest BCUT2D eigenvalue weighted by Crippen LogP contribution is -2.42. The van der Waals surface area contributed by atoms with Crippen LogP contribution in [0.15, 0.2) is 24.6 Å². The van der Waals surface area contributed by atoms with E-state index in [1.807, 2.05) is 0 Å². The summed E-state index contributed by atoms with van der Waals surface area (Å²) in [6, 6.07) is -1.00. The van der Waals surface area contributed by atoms with Gasteiger partial charge in [-0.2, -0.15) is 0 Å². The molecule has 0 aliphatic rings. The summed E-state index contributed by atoms with van der Waals surface area (Å²) in [6.07, 6.45) is 3.93. The fourth-order valence-corrected chi connectivity index (χ4v) is 1.59. The lowest BCUT2D eigenvalue weighted by molar-refractivity contribution is -0.141. The molecule has 0 bridgehead atoms. The summed E-state index contributed by atoms with van der Waals surface area (Å²) in [5.41, 5.74) is 0.663. The molecule has 4 N–H and O–H groups in total. The zero-order valence-electron chi connectivity index (χ0n) is 12.4. The molecule has 21 heavy (non-hydrogen) atoms. The smallest absolute Gasteiger partial charge is 0.326 e. The quantitative estimate of drug-likeness (QED) is 0.439. The van der Waals surface area contributed by atoms with E-state index in [0.29, 0.717) is 18.7 Å². The number of carbonyl (C=O) groups is 3. The maximum Gasteiger partial charge on any atom is 0.326 e. The highest BCUT2D eigenvalue weighted by Crippen LogP contribution is 2.04. The third-order valence-corrected chi connectivity index (χ3v) is 2.65. The van der Waals surface area contributed by atoms with Crippen LogP contribution in [0.1, 0.15) is 33.1 Å². The van der Waals surface area contributed by atoms with Crippen molar-refractivity contribution in [3.8, 4) is 0 Å². The number of amides is 2. The van der Waals surface area contributed by atoms with Gasteiger partial charge in [0.25, 0.3) is 0 Å². The lowest BCUT2D eigenvalue weighted by Gasteiger charge is -2.16. The van der Waals surface area contributed by atoms with Gasteiger partial charge in [0.05, 0.1) is 0 Å². The maximum absolute atomic E-state index is 11.7. The predicted molar refractivity (Wildman–Crippen MR) is 79.2 cm³/mol. The molecule has 2 amide bonds. The molecule has 0 spiro atoms. The van der Waals surface area contributed by atoms with E-state index in [2.05, 4.69) is 22.5 Å². The van der Waals surface area contributed by atoms with Crippen LogP contribution in [-0.2, 0) is 14.4 Å². The van der Waals surface area contributed by atoms with E-state index >= 15 is 0 Å². The molecule has 0 heterocycles. The Hall–Kier alpha value is -2.31. The molecular weight excluding hydrogens is 274 g/mol. The molecule has 7 heteroatoms. The van der Waals surface area contributed by atoms with Gasteiger partial charge in [0, 0.05) is 32.0 Å². The number of nitrogens with one attached hydrogen (secondary N) is 3. The van der Waals surface area contributed by atoms with Crippen LogP contribution in [0, 0.1) is 0 Å². The molecule has 0 fully saturated rings. The number of carboxylic acids is 1. The van der Waals surface area contributed by atoms with Crippen molar-refractivity contribution < 1.29 is 19.5 Å². The third kappa shape index (κ3) is 9.26. The van der Waals surface area contributed by atoms with E-state index in [0.717, 1.165) is 0 Å². The molecule has 0 saturated heterocycles. The van der Waals surface area contributed by atoms with Gasteiger partial charge in [0.1, 0.15) is 6.04 Å². The fourth-order valence-electron chi connectivity index (χ4n) is 1.59. The Morgan fingerprint density at radius 1 is 1.33 bits per heavy atom. The third-order valence-electron chi connectivity index (χ3n) is 2.65. The minimum atomic E-state index is -1.10. The Labute approximate surface area is 124 Å². The first kappa shape index (κ1) is 18.7. The largest absolute Gasteiger partial charge is 0.480 e. The first-order chi connectivity index (χ1) is 9.90. The Morgan fingerprint density at radius 3 is 2.48 bits per heavy atom. The van der Waals surface area contributed by atoms with Crippen LogP contribution in [0.5, 0.6) is 0 Å². The van der Waals surface area contributed by atoms with Crippen LogP contribution in [0.2, 0.25) is 0 Å². The van der Waals surface area contributed by atoms with Crippen molar-refractivity contribution >= 4 is 17.8 Å². The van der Waals surface area contributed by atoms with Crippen molar-refractivity contribution in [2.24, 2.45) is 0 Å². The normalized spacial score (nSPS) is 12.2. The number of carbonyl (C=O) groups excluding carboxylic acids is 2. The van der Waals surface area contributed by atoms with E-state index in [1.54, 1.807) is 13.0 Å². The zero-order chi connectivity index (χ0) is 16.3. The number of aliphatic carboxylic acids is 1. The second kappa shape index (κ2) is 10.5. The molecule has 0 aromatic rings. The average Bonchev–Trinajstić information content (AvgIpc) is 2.41. The Morgan fingerprint density at radius 2 is 2.00 bits per heavy atom. The summed E-state index contributed by atoms with van der Waals surface area (Å²) in [5.74, 6) is -1.62. The summed E-state index contributed by atoms with van der Waals surface area (Å²) in [4.78, 5) is 33.5. The maximum atomic E-state index is 11.7. The highest BCUT2D eigenvalue weighted by atomic mass is 16.4. The molecule has 1 unspecified atom stereocenters. The molecule has 0 aromatic carbocycles. The Kier molecular flexibility index (Phi) is 9.32. The summed E-state index contributed by atoms with van der Waals surface area (Å²) in [6.45, 7) is 7.05. The topological polar surface area (TPSA) is 108 Å². The fraction of sp³-hybridized carbons (Fsp3) is 0.500. The lowest BCUT2D eigenvalue weighted by atomic mass is 10.1. The van der Waals surface area contributed by atoms with Crippen molar-refractivity contribution in [3.05, 3.63) is 24.6 Å². The van der Waals surface area contributed by atoms with Gasteiger partial charge in [-0.1, -0.05) is 12.7 Å². The standard InChI is InChI=1S/C14H23N3O4/c1-4-11(15-5-2)9-12(14(20)21)17-13(19)7-6-8-16-10(3)18/h4-5,12,15H,2,6-9H2,1,3H3,(H,16,18)(H,17,19)(H,20,21)/b11-4-. The van der Waals surface area contributed by atoms with Gasteiger partial charge in [-0.05, 0) is 19.5 Å². The van der Waals surface area contributed by atoms with Gasteiger partial charge in [0.2, 0.25) is 11.8 Å². The summed E-state index contributed by atoms with van der Waals surface area (Å²) in [5, 5.41) is 17.0. The van der Waals surface area contributed by atoms with Gasteiger partial charge < -0.3 is 21.1 Å². The predicted octanol–water partition coefficient (Wildman–Crippen LogP) is 0.499. The second-order valence-corrected chi connectivity index (χ2v) is 4.41. The number of carboxylic acid groups (broad SMARTS) is 1. The number of rotatable bonds is 10. The van der Waals surface area contributed by atoms with Crippen molar-refractivity contribution in [1.82, 2.24) is 16.0 Å². The van der Waals surface area contributed by atoms with Crippen LogP contribution < -0.4 is 16.0 Å². The van der Waals surface area contributed by atoms with Crippen LogP contribution in [-0.4, -0.2) is 35.5 Å². The first-order valence-electron chi connectivity index (χ1n) is 6.70. The van der Waals surface area contributed by atoms with Crippen molar-refractivity contribution in [3.63, 3.8) is 0 Å². The minimum absolute atomic E-state index is 0.148. The summed E-state index contributed by atoms with van der Waals surface area (Å²) in [7, 11) is 0. The van der Waals surface area contributed by atoms with Crippen molar-refractivity contribution in [2.75, 3.05) is 6.54 Å². The molecule has 0 saturated carbocycles. The molecule has 0 aliphatic carbocycles. The second-order valence-electron chi connectivity index (χ2n) is 4.41. The molecule has 0 rings (SSSR count). The minimum Gasteiger partial charge on any atom is -0.480 e. The summed E-state index contributed by atoms with van der Waals surface area (Å²) >= 11 is 0.